The number of hydrogen-bond donors (Lipinski definition) is 0. The molecule has 5 aromatic carbocycles. The minimum Gasteiger partial charge on any atom is -0.497 e. The van der Waals surface area contributed by atoms with Gasteiger partial charge in [-0.2, -0.15) is 0 Å². The van der Waals surface area contributed by atoms with Crippen LogP contribution in [0.5, 0.6) is 11.5 Å². The molecule has 0 aliphatic heterocycles. The number of halogens is 1. The van der Waals surface area contributed by atoms with Gasteiger partial charge in [0.25, 0.3) is 0 Å². The lowest BCUT2D eigenvalue weighted by Gasteiger charge is -2.13. The number of aryl methyl sites for hydroxylation is 1. The quantitative estimate of drug-likeness (QED) is 0.0993. The Hall–Kier alpha value is -4.44. The first-order valence-electron chi connectivity index (χ1n) is 14.2. The van der Waals surface area contributed by atoms with Gasteiger partial charge < -0.3 is 9.47 Å². The Morgan fingerprint density at radius 1 is 0.732 bits per heavy atom. The monoisotopic (exact) mass is 546 g/mol. The van der Waals surface area contributed by atoms with E-state index >= 15 is 4.39 Å². The van der Waals surface area contributed by atoms with Crippen molar-refractivity contribution in [2.24, 2.45) is 0 Å². The molecule has 4 heteroatoms. The summed E-state index contributed by atoms with van der Waals surface area (Å²) in [6.07, 6.45) is 4.71. The van der Waals surface area contributed by atoms with E-state index in [0.717, 1.165) is 45.2 Å². The molecule has 0 bridgehead atoms. The summed E-state index contributed by atoms with van der Waals surface area (Å²) in [7, 11) is 1.64. The third-order valence-electron chi connectivity index (χ3n) is 7.63. The Balaban J connectivity index is 1.24. The van der Waals surface area contributed by atoms with Crippen molar-refractivity contribution >= 4 is 16.7 Å². The first-order chi connectivity index (χ1) is 19.9. The molecular weight excluding hydrogens is 511 g/mol. The Bertz CT molecular complexity index is 1640. The number of esters is 1. The molecule has 0 saturated heterocycles. The number of carbonyl (C=O) groups is 1. The topological polar surface area (TPSA) is 35.5 Å². The number of fused-ring (bicyclic) bond motifs is 1. The highest BCUT2D eigenvalue weighted by Crippen LogP contribution is 2.31. The third-order valence-corrected chi connectivity index (χ3v) is 7.63. The SMILES string of the molecule is CCCCCc1ccc(-c2ccc(-c3ccc(OC(=O)[C@@H](C)c4ccc5cc(OC)ccc5c4)cc3)c(F)c2)cc1. The van der Waals surface area contributed by atoms with Crippen LogP contribution in [-0.2, 0) is 11.2 Å². The molecule has 0 aliphatic carbocycles. The molecule has 0 spiro atoms. The number of ether oxygens (including phenoxy) is 2. The van der Waals surface area contributed by atoms with Crippen molar-refractivity contribution in [3.05, 3.63) is 120 Å². The zero-order valence-corrected chi connectivity index (χ0v) is 23.8. The van der Waals surface area contributed by atoms with Crippen molar-refractivity contribution in [3.8, 4) is 33.8 Å². The van der Waals surface area contributed by atoms with E-state index in [1.54, 1.807) is 43.5 Å². The zero-order chi connectivity index (χ0) is 28.8. The normalized spacial score (nSPS) is 11.8. The lowest BCUT2D eigenvalue weighted by Crippen LogP contribution is -2.16. The molecule has 41 heavy (non-hydrogen) atoms. The predicted octanol–water partition coefficient (Wildman–Crippen LogP) is 9.76. The maximum Gasteiger partial charge on any atom is 0.318 e. The molecule has 3 nitrogen and oxygen atoms in total. The van der Waals surface area contributed by atoms with Gasteiger partial charge >= 0.3 is 5.97 Å². The van der Waals surface area contributed by atoms with Gasteiger partial charge in [0.05, 0.1) is 13.0 Å². The summed E-state index contributed by atoms with van der Waals surface area (Å²) < 4.78 is 26.1. The van der Waals surface area contributed by atoms with Gasteiger partial charge in [0, 0.05) is 5.56 Å². The predicted molar refractivity (Wildman–Crippen MR) is 165 cm³/mol. The molecule has 5 rings (SSSR count). The summed E-state index contributed by atoms with van der Waals surface area (Å²) in [5.41, 5.74) is 5.25. The van der Waals surface area contributed by atoms with Crippen LogP contribution in [0.3, 0.4) is 0 Å². The lowest BCUT2D eigenvalue weighted by atomic mass is 9.97. The number of carbonyl (C=O) groups excluding carboxylic acids is 1. The standard InChI is InChI=1S/C37H35FO3/c1-4-5-6-7-26-8-10-27(11-9-26)32-17-21-35(36(38)24-32)28-14-18-33(19-15-28)41-37(39)25(2)29-12-13-31-23-34(40-3)20-16-30(31)22-29/h8-25H,4-7H2,1-3H3/t25-/m0/s1. The number of unbranched alkanes of at least 4 members (excludes halogenated alkanes) is 2. The van der Waals surface area contributed by atoms with Crippen LogP contribution in [0, 0.1) is 5.82 Å². The van der Waals surface area contributed by atoms with E-state index < -0.39 is 5.92 Å². The molecule has 0 amide bonds. The van der Waals surface area contributed by atoms with Crippen LogP contribution in [0.4, 0.5) is 4.39 Å². The summed E-state index contributed by atoms with van der Waals surface area (Å²) >= 11 is 0. The molecule has 0 unspecified atom stereocenters. The number of hydrogen-bond acceptors (Lipinski definition) is 3. The van der Waals surface area contributed by atoms with E-state index in [2.05, 4.69) is 31.2 Å². The van der Waals surface area contributed by atoms with Crippen molar-refractivity contribution in [2.45, 2.75) is 45.4 Å². The van der Waals surface area contributed by atoms with Crippen molar-refractivity contribution < 1.29 is 18.7 Å². The minimum atomic E-state index is -0.448. The van der Waals surface area contributed by atoms with Crippen molar-refractivity contribution in [3.63, 3.8) is 0 Å². The lowest BCUT2D eigenvalue weighted by molar-refractivity contribution is -0.135. The number of rotatable bonds is 10. The maximum atomic E-state index is 15.2. The van der Waals surface area contributed by atoms with E-state index in [1.165, 1.54) is 24.8 Å². The molecule has 5 aromatic rings. The van der Waals surface area contributed by atoms with E-state index in [9.17, 15) is 4.79 Å². The van der Waals surface area contributed by atoms with Gasteiger partial charge in [-0.1, -0.05) is 92.6 Å². The van der Waals surface area contributed by atoms with E-state index in [1.807, 2.05) is 49.4 Å². The van der Waals surface area contributed by atoms with Crippen LogP contribution < -0.4 is 9.47 Å². The molecule has 0 N–H and O–H groups in total. The Morgan fingerprint density at radius 2 is 1.39 bits per heavy atom. The molecular formula is C37H35FO3. The summed E-state index contributed by atoms with van der Waals surface area (Å²) in [4.78, 5) is 12.9. The second-order valence-corrected chi connectivity index (χ2v) is 10.5. The highest BCUT2D eigenvalue weighted by Gasteiger charge is 2.18. The highest BCUT2D eigenvalue weighted by molar-refractivity contribution is 5.87. The van der Waals surface area contributed by atoms with Crippen LogP contribution in [0.2, 0.25) is 0 Å². The Kier molecular flexibility index (Phi) is 8.79. The van der Waals surface area contributed by atoms with Gasteiger partial charge in [-0.15, -0.1) is 0 Å². The number of benzene rings is 5. The van der Waals surface area contributed by atoms with Crippen LogP contribution in [0.25, 0.3) is 33.0 Å². The van der Waals surface area contributed by atoms with Crippen LogP contribution in [-0.4, -0.2) is 13.1 Å². The van der Waals surface area contributed by atoms with Crippen molar-refractivity contribution in [1.29, 1.82) is 0 Å². The van der Waals surface area contributed by atoms with Gasteiger partial charge in [0.2, 0.25) is 0 Å². The van der Waals surface area contributed by atoms with Gasteiger partial charge in [-0.05, 0) is 88.7 Å². The van der Waals surface area contributed by atoms with Gasteiger partial charge in [0.15, 0.2) is 0 Å². The Morgan fingerprint density at radius 3 is 2.10 bits per heavy atom. The average molecular weight is 547 g/mol. The van der Waals surface area contributed by atoms with Crippen LogP contribution in [0.15, 0.2) is 103 Å². The molecule has 0 aliphatic rings. The first-order valence-corrected chi connectivity index (χ1v) is 14.2. The maximum absolute atomic E-state index is 15.2. The fourth-order valence-electron chi connectivity index (χ4n) is 5.05. The third kappa shape index (κ3) is 6.66. The molecule has 0 aromatic heterocycles. The van der Waals surface area contributed by atoms with Crippen LogP contribution >= 0.6 is 0 Å². The average Bonchev–Trinajstić information content (AvgIpc) is 3.01. The second kappa shape index (κ2) is 12.8. The summed E-state index contributed by atoms with van der Waals surface area (Å²) in [5, 5.41) is 2.07. The minimum absolute atomic E-state index is 0.290. The van der Waals surface area contributed by atoms with Crippen LogP contribution in [0.1, 0.15) is 50.2 Å². The fourth-order valence-corrected chi connectivity index (χ4v) is 5.05. The van der Waals surface area contributed by atoms with Gasteiger partial charge in [-0.25, -0.2) is 4.39 Å². The summed E-state index contributed by atoms with van der Waals surface area (Å²) in [6, 6.07) is 32.5. The largest absolute Gasteiger partial charge is 0.497 e. The second-order valence-electron chi connectivity index (χ2n) is 10.5. The highest BCUT2D eigenvalue weighted by atomic mass is 19.1. The molecule has 208 valence electrons. The summed E-state index contributed by atoms with van der Waals surface area (Å²) in [5.74, 6) is 0.128. The van der Waals surface area contributed by atoms with E-state index in [4.69, 9.17) is 9.47 Å². The molecule has 0 fully saturated rings. The fraction of sp³-hybridized carbons (Fsp3) is 0.216. The molecule has 1 atom stereocenters. The first kappa shape index (κ1) is 28.1. The number of methoxy groups -OCH3 is 1. The zero-order valence-electron chi connectivity index (χ0n) is 23.8. The molecule has 0 heterocycles. The van der Waals surface area contributed by atoms with Gasteiger partial charge in [0.1, 0.15) is 17.3 Å². The molecule has 0 saturated carbocycles. The van der Waals surface area contributed by atoms with E-state index in [-0.39, 0.29) is 11.8 Å². The van der Waals surface area contributed by atoms with Crippen molar-refractivity contribution in [2.75, 3.05) is 7.11 Å². The summed E-state index contributed by atoms with van der Waals surface area (Å²) in [6.45, 7) is 4.04. The smallest absolute Gasteiger partial charge is 0.318 e. The van der Waals surface area contributed by atoms with Crippen molar-refractivity contribution in [1.82, 2.24) is 0 Å². The Labute approximate surface area is 241 Å². The van der Waals surface area contributed by atoms with Gasteiger partial charge in [-0.3, -0.25) is 4.79 Å². The van der Waals surface area contributed by atoms with E-state index in [0.29, 0.717) is 11.3 Å². The molecule has 0 radical (unpaired) electrons.